The fourth-order valence-corrected chi connectivity index (χ4v) is 7.21. The summed E-state index contributed by atoms with van der Waals surface area (Å²) in [5, 5.41) is 18.3. The molecule has 10 heteroatoms. The zero-order valence-electron chi connectivity index (χ0n) is 34.1. The largest absolute Gasteiger partial charge is 0.472 e. The lowest BCUT2D eigenvalue weighted by atomic mass is 10.0. The number of rotatable bonds is 43. The molecule has 0 aromatic heterocycles. The fraction of sp³-hybridized carbons (Fsp3) is 0.976. The highest BCUT2D eigenvalue weighted by molar-refractivity contribution is 7.47. The topological polar surface area (TPSA) is 132 Å². The molecule has 52 heavy (non-hydrogen) atoms. The van der Waals surface area contributed by atoms with Gasteiger partial charge in [0.25, 0.3) is 0 Å². The number of aliphatic hydroxyl groups excluding tert-OH is 2. The summed E-state index contributed by atoms with van der Waals surface area (Å²) in [6, 6.07) is 0. The summed E-state index contributed by atoms with van der Waals surface area (Å²) in [7, 11) is -4.51. The lowest BCUT2D eigenvalue weighted by Gasteiger charge is -2.20. The molecule has 312 valence electrons. The van der Waals surface area contributed by atoms with Crippen molar-refractivity contribution in [2.45, 2.75) is 232 Å². The van der Waals surface area contributed by atoms with Crippen molar-refractivity contribution in [3.05, 3.63) is 0 Å². The predicted octanol–water partition coefficient (Wildman–Crippen LogP) is 11.9. The molecule has 3 atom stereocenters. The van der Waals surface area contributed by atoms with Gasteiger partial charge in [0.1, 0.15) is 12.2 Å². The van der Waals surface area contributed by atoms with E-state index >= 15 is 0 Å². The van der Waals surface area contributed by atoms with E-state index in [1.54, 1.807) is 0 Å². The van der Waals surface area contributed by atoms with Crippen LogP contribution in [0, 0.1) is 0 Å². The molecule has 0 rings (SSSR count). The van der Waals surface area contributed by atoms with Crippen LogP contribution in [-0.4, -0.2) is 66.3 Å². The third-order valence-corrected chi connectivity index (χ3v) is 10.7. The van der Waals surface area contributed by atoms with Crippen molar-refractivity contribution in [3.8, 4) is 0 Å². The Morgan fingerprint density at radius 2 is 0.865 bits per heavy atom. The maximum Gasteiger partial charge on any atom is 0.472 e. The monoisotopic (exact) mass is 765 g/mol. The van der Waals surface area contributed by atoms with Crippen LogP contribution in [0.3, 0.4) is 0 Å². The van der Waals surface area contributed by atoms with Crippen molar-refractivity contribution in [2.24, 2.45) is 0 Å². The van der Waals surface area contributed by atoms with Crippen LogP contribution in [0.15, 0.2) is 0 Å². The number of esters is 1. The Kier molecular flexibility index (Phi) is 39.7. The SMILES string of the molecule is CCCCCCCCCCCCCCCCCCCCCCOCC(COP(=O)(O)OCC(O)CO)OC(=O)CCCCCCCCCCCCC. The van der Waals surface area contributed by atoms with Crippen molar-refractivity contribution in [3.63, 3.8) is 0 Å². The first kappa shape index (κ1) is 51.5. The van der Waals surface area contributed by atoms with Gasteiger partial charge in [0, 0.05) is 13.0 Å². The van der Waals surface area contributed by atoms with Crippen molar-refractivity contribution in [2.75, 3.05) is 33.0 Å². The molecule has 0 heterocycles. The van der Waals surface area contributed by atoms with E-state index in [1.165, 1.54) is 167 Å². The average molecular weight is 765 g/mol. The fourth-order valence-electron chi connectivity index (χ4n) is 6.42. The molecule has 3 N–H and O–H groups in total. The van der Waals surface area contributed by atoms with E-state index in [-0.39, 0.29) is 25.6 Å². The van der Waals surface area contributed by atoms with E-state index in [2.05, 4.69) is 13.8 Å². The van der Waals surface area contributed by atoms with E-state index in [9.17, 15) is 19.4 Å². The van der Waals surface area contributed by atoms with Gasteiger partial charge in [-0.3, -0.25) is 13.8 Å². The van der Waals surface area contributed by atoms with Crippen LogP contribution >= 0.6 is 7.82 Å². The molecule has 0 aliphatic rings. The van der Waals surface area contributed by atoms with Crippen molar-refractivity contribution in [1.82, 2.24) is 0 Å². The number of hydrogen-bond acceptors (Lipinski definition) is 8. The van der Waals surface area contributed by atoms with Crippen LogP contribution in [-0.2, 0) is 27.9 Å². The highest BCUT2D eigenvalue weighted by atomic mass is 31.2. The van der Waals surface area contributed by atoms with Gasteiger partial charge in [-0.1, -0.05) is 200 Å². The molecular formula is C42H85O9P. The molecule has 0 aliphatic heterocycles. The highest BCUT2D eigenvalue weighted by Crippen LogP contribution is 2.43. The molecule has 0 saturated heterocycles. The van der Waals surface area contributed by atoms with E-state index in [4.69, 9.17) is 23.6 Å². The Labute approximate surface area is 320 Å². The molecule has 0 spiro atoms. The van der Waals surface area contributed by atoms with E-state index in [0.717, 1.165) is 32.1 Å². The smallest absolute Gasteiger partial charge is 0.457 e. The van der Waals surface area contributed by atoms with Crippen LogP contribution in [0.25, 0.3) is 0 Å². The maximum atomic E-state index is 12.6. The molecule has 0 aliphatic carbocycles. The first-order valence-corrected chi connectivity index (χ1v) is 23.5. The third kappa shape index (κ3) is 39.2. The molecule has 0 bridgehead atoms. The molecule has 0 radical (unpaired) electrons. The van der Waals surface area contributed by atoms with Crippen molar-refractivity contribution in [1.29, 1.82) is 0 Å². The molecule has 0 fully saturated rings. The maximum absolute atomic E-state index is 12.6. The van der Waals surface area contributed by atoms with E-state index in [1.807, 2.05) is 0 Å². The summed E-state index contributed by atoms with van der Waals surface area (Å²) in [6.45, 7) is 3.56. The Morgan fingerprint density at radius 1 is 0.519 bits per heavy atom. The van der Waals surface area contributed by atoms with Gasteiger partial charge < -0.3 is 24.6 Å². The zero-order valence-corrected chi connectivity index (χ0v) is 35.0. The number of aliphatic hydroxyl groups is 2. The van der Waals surface area contributed by atoms with Gasteiger partial charge in [0.05, 0.1) is 26.4 Å². The molecule has 9 nitrogen and oxygen atoms in total. The zero-order chi connectivity index (χ0) is 38.2. The number of phosphoric acid groups is 1. The van der Waals surface area contributed by atoms with E-state index < -0.39 is 33.2 Å². The molecule has 0 aromatic rings. The normalized spacial score (nSPS) is 14.0. The number of phosphoric ester groups is 1. The summed E-state index contributed by atoms with van der Waals surface area (Å²) in [5.41, 5.74) is 0. The van der Waals surface area contributed by atoms with Gasteiger partial charge in [0.2, 0.25) is 0 Å². The molecule has 0 aromatic carbocycles. The second kappa shape index (κ2) is 40.1. The van der Waals surface area contributed by atoms with Gasteiger partial charge in [-0.15, -0.1) is 0 Å². The quantitative estimate of drug-likeness (QED) is 0.0315. The number of carbonyl (C=O) groups is 1. The number of ether oxygens (including phenoxy) is 2. The minimum Gasteiger partial charge on any atom is -0.457 e. The average Bonchev–Trinajstić information content (AvgIpc) is 3.13. The second-order valence-electron chi connectivity index (χ2n) is 15.1. The lowest BCUT2D eigenvalue weighted by molar-refractivity contribution is -0.154. The van der Waals surface area contributed by atoms with Crippen molar-refractivity contribution >= 4 is 13.8 Å². The summed E-state index contributed by atoms with van der Waals surface area (Å²) in [5.74, 6) is -0.378. The first-order valence-electron chi connectivity index (χ1n) is 22.0. The van der Waals surface area contributed by atoms with Crippen LogP contribution in [0.5, 0.6) is 0 Å². The van der Waals surface area contributed by atoms with Gasteiger partial charge in [-0.2, -0.15) is 0 Å². The van der Waals surface area contributed by atoms with Gasteiger partial charge in [-0.25, -0.2) is 4.57 Å². The Hall–Kier alpha value is -0.540. The molecule has 0 amide bonds. The summed E-state index contributed by atoms with van der Waals surface area (Å²) in [6.07, 6.45) is 37.8. The predicted molar refractivity (Wildman–Crippen MR) is 215 cm³/mol. The Bertz CT molecular complexity index is 785. The van der Waals surface area contributed by atoms with Gasteiger partial charge in [0.15, 0.2) is 0 Å². The van der Waals surface area contributed by atoms with Gasteiger partial charge in [-0.05, 0) is 12.8 Å². The number of hydrogen-bond donors (Lipinski definition) is 3. The Morgan fingerprint density at radius 3 is 1.25 bits per heavy atom. The standard InChI is InChI=1S/C42H85O9P/c1-3-5-7-9-11-13-15-16-17-18-19-20-21-22-23-25-27-29-31-33-35-48-38-41(39-50-52(46,47)49-37-40(44)36-43)51-42(45)34-32-30-28-26-24-14-12-10-8-6-4-2/h40-41,43-44H,3-39H2,1-2H3,(H,46,47). The summed E-state index contributed by atoms with van der Waals surface area (Å²) >= 11 is 0. The van der Waals surface area contributed by atoms with E-state index in [0.29, 0.717) is 6.61 Å². The van der Waals surface area contributed by atoms with Gasteiger partial charge >= 0.3 is 13.8 Å². The summed E-state index contributed by atoms with van der Waals surface area (Å²) < 4.78 is 33.3. The molecule has 0 saturated carbocycles. The second-order valence-corrected chi connectivity index (χ2v) is 16.5. The molecule has 3 unspecified atom stereocenters. The van der Waals surface area contributed by atoms with Crippen LogP contribution < -0.4 is 0 Å². The van der Waals surface area contributed by atoms with Crippen LogP contribution in [0.1, 0.15) is 219 Å². The number of carbonyl (C=O) groups excluding carboxylic acids is 1. The van der Waals surface area contributed by atoms with Crippen molar-refractivity contribution < 1.29 is 43.0 Å². The molecular weight excluding hydrogens is 679 g/mol. The minimum atomic E-state index is -4.51. The first-order chi connectivity index (χ1) is 25.3. The van der Waals surface area contributed by atoms with Crippen LogP contribution in [0.4, 0.5) is 0 Å². The van der Waals surface area contributed by atoms with Crippen LogP contribution in [0.2, 0.25) is 0 Å². The number of unbranched alkanes of at least 4 members (excludes halogenated alkanes) is 29. The Balaban J connectivity index is 4.04. The lowest BCUT2D eigenvalue weighted by Crippen LogP contribution is -2.29. The minimum absolute atomic E-state index is 0.0579. The third-order valence-electron chi connectivity index (χ3n) is 9.79. The highest BCUT2D eigenvalue weighted by Gasteiger charge is 2.26. The summed E-state index contributed by atoms with van der Waals surface area (Å²) in [4.78, 5) is 22.5.